The number of allylic oxidation sites excluding steroid dienone is 2. The van der Waals surface area contributed by atoms with Crippen molar-refractivity contribution in [2.45, 2.75) is 105 Å². The van der Waals surface area contributed by atoms with Crippen LogP contribution in [0.25, 0.3) is 0 Å². The summed E-state index contributed by atoms with van der Waals surface area (Å²) in [6, 6.07) is 0.443. The number of fused-ring (bicyclic) bond motifs is 6. The molecule has 36 heavy (non-hydrogen) atoms. The number of carbonyl (C=O) groups excluding carboxylic acids is 2. The Kier molecular flexibility index (Phi) is 6.15. The van der Waals surface area contributed by atoms with E-state index < -0.39 is 34.7 Å². The Morgan fingerprint density at radius 2 is 1.86 bits per heavy atom. The van der Waals surface area contributed by atoms with Crippen LogP contribution in [0.5, 0.6) is 0 Å². The number of hydrogen-bond donors (Lipinski definition) is 2. The zero-order chi connectivity index (χ0) is 26.4. The smallest absolute Gasteiger partial charge is 0.303 e. The number of aliphatic carboxylic acids is 1. The highest BCUT2D eigenvalue weighted by molar-refractivity contribution is 5.99. The molecule has 0 radical (unpaired) electrons. The van der Waals surface area contributed by atoms with Gasteiger partial charge < -0.3 is 10.2 Å². The average molecular weight is 500 g/mol. The molecule has 0 amide bonds. The molecule has 6 nitrogen and oxygen atoms in total. The molecule has 4 fully saturated rings. The molecule has 2 saturated heterocycles. The Morgan fingerprint density at radius 3 is 2.53 bits per heavy atom. The van der Waals surface area contributed by atoms with Crippen molar-refractivity contribution < 1.29 is 24.6 Å². The molecule has 2 saturated carbocycles. The average Bonchev–Trinajstić information content (AvgIpc) is 2.89. The van der Waals surface area contributed by atoms with Crippen LogP contribution >= 0.6 is 0 Å². The van der Waals surface area contributed by atoms with E-state index in [-0.39, 0.29) is 41.3 Å². The highest BCUT2D eigenvalue weighted by Gasteiger charge is 2.72. The molecule has 0 spiro atoms. The van der Waals surface area contributed by atoms with E-state index >= 15 is 0 Å². The number of carbonyl (C=O) groups is 3. The third-order valence-electron chi connectivity index (χ3n) is 11.9. The molecule has 0 bridgehead atoms. The number of carboxylic acids is 1. The molecule has 5 aliphatic rings. The van der Waals surface area contributed by atoms with E-state index in [1.54, 1.807) is 6.08 Å². The lowest BCUT2D eigenvalue weighted by Crippen LogP contribution is -2.73. The Hall–Kier alpha value is -1.53. The zero-order valence-electron chi connectivity index (χ0n) is 22.9. The number of piperidine rings is 1. The second-order valence-electron chi connectivity index (χ2n) is 14.1. The standard InChI is InChI=1S/C30H45NO5/c1-16-9-19-7-8-29(5)23(31(19)15-20(32)10-16)13-28(4)21-11-17(2)12-22(33)25(21)18(3)26(36)27(28)30(29,6)14-24(34)35/h12,16,18-21,23,25,27,32H,7-11,13-15H2,1-6H3,(H,34,35). The fraction of sp³-hybridized carbons (Fsp3) is 0.833. The van der Waals surface area contributed by atoms with Crippen LogP contribution in [0, 0.1) is 45.8 Å². The van der Waals surface area contributed by atoms with Gasteiger partial charge in [0.2, 0.25) is 0 Å². The Bertz CT molecular complexity index is 1010. The minimum absolute atomic E-state index is 0.0292. The van der Waals surface area contributed by atoms with Gasteiger partial charge in [-0.1, -0.05) is 40.2 Å². The molecule has 0 aromatic rings. The van der Waals surface area contributed by atoms with Crippen molar-refractivity contribution in [1.82, 2.24) is 4.90 Å². The van der Waals surface area contributed by atoms with Crippen molar-refractivity contribution >= 4 is 17.5 Å². The highest BCUT2D eigenvalue weighted by Crippen LogP contribution is 2.71. The SMILES string of the molecule is CC1=CC(=O)C2C(C)C(=O)C3C(C)(CC4N5CC(O)CC(C)CC5CCC4(C)C3(C)CC(=O)O)C2C1. The minimum atomic E-state index is -0.855. The number of carboxylic acid groups (broad SMARTS) is 1. The molecule has 11 atom stereocenters. The van der Waals surface area contributed by atoms with Crippen LogP contribution in [0.3, 0.4) is 0 Å². The number of nitrogens with zero attached hydrogens (tertiary/aromatic N) is 1. The Balaban J connectivity index is 1.68. The summed E-state index contributed by atoms with van der Waals surface area (Å²) in [5, 5.41) is 21.1. The Labute approximate surface area is 215 Å². The van der Waals surface area contributed by atoms with Crippen molar-refractivity contribution in [1.29, 1.82) is 0 Å². The van der Waals surface area contributed by atoms with Crippen LogP contribution in [-0.4, -0.2) is 57.4 Å². The number of Topliss-reactive ketones (excluding diaryl/α,β-unsaturated/α-hetero) is 1. The van der Waals surface area contributed by atoms with E-state index in [9.17, 15) is 24.6 Å². The molecule has 6 heteroatoms. The second-order valence-corrected chi connectivity index (χ2v) is 14.1. The monoisotopic (exact) mass is 499 g/mol. The number of hydrogen-bond acceptors (Lipinski definition) is 5. The van der Waals surface area contributed by atoms with Crippen molar-refractivity contribution in [3.05, 3.63) is 11.6 Å². The van der Waals surface area contributed by atoms with Gasteiger partial charge in [0.05, 0.1) is 12.5 Å². The summed E-state index contributed by atoms with van der Waals surface area (Å²) in [7, 11) is 0. The van der Waals surface area contributed by atoms with Gasteiger partial charge in [-0.15, -0.1) is 0 Å². The maximum Gasteiger partial charge on any atom is 0.303 e. The highest BCUT2D eigenvalue weighted by atomic mass is 16.4. The molecule has 11 unspecified atom stereocenters. The van der Waals surface area contributed by atoms with Crippen LogP contribution in [0.2, 0.25) is 0 Å². The number of rotatable bonds is 2. The fourth-order valence-electron chi connectivity index (χ4n) is 10.3. The van der Waals surface area contributed by atoms with E-state index in [1.165, 1.54) is 0 Å². The summed E-state index contributed by atoms with van der Waals surface area (Å²) >= 11 is 0. The number of aliphatic hydroxyl groups excluding tert-OH is 1. The number of aliphatic hydroxyl groups is 1. The lowest BCUT2D eigenvalue weighted by molar-refractivity contribution is -0.227. The molecule has 0 aromatic carbocycles. The first-order valence-electron chi connectivity index (χ1n) is 14.1. The maximum atomic E-state index is 14.3. The summed E-state index contributed by atoms with van der Waals surface area (Å²) in [5.74, 6) is -1.33. The first kappa shape index (κ1) is 26.1. The van der Waals surface area contributed by atoms with Gasteiger partial charge in [-0.2, -0.15) is 0 Å². The molecule has 2 N–H and O–H groups in total. The predicted octanol–water partition coefficient (Wildman–Crippen LogP) is 4.49. The van der Waals surface area contributed by atoms with Crippen molar-refractivity contribution in [3.8, 4) is 0 Å². The maximum absolute atomic E-state index is 14.3. The normalized spacial score (nSPS) is 51.2. The quantitative estimate of drug-likeness (QED) is 0.581. The van der Waals surface area contributed by atoms with Crippen LogP contribution in [0.15, 0.2) is 11.6 Å². The summed E-state index contributed by atoms with van der Waals surface area (Å²) in [6.07, 6.45) is 6.56. The molecule has 3 aliphatic carbocycles. The largest absolute Gasteiger partial charge is 0.481 e. The summed E-state index contributed by atoms with van der Waals surface area (Å²) < 4.78 is 0. The van der Waals surface area contributed by atoms with E-state index in [4.69, 9.17) is 0 Å². The summed E-state index contributed by atoms with van der Waals surface area (Å²) in [5.41, 5.74) is -0.515. The molecule has 2 aliphatic heterocycles. The van der Waals surface area contributed by atoms with Gasteiger partial charge in [0, 0.05) is 36.4 Å². The van der Waals surface area contributed by atoms with Crippen LogP contribution in [0.4, 0.5) is 0 Å². The topological polar surface area (TPSA) is 94.9 Å². The lowest BCUT2D eigenvalue weighted by atomic mass is 9.35. The summed E-state index contributed by atoms with van der Waals surface area (Å²) in [6.45, 7) is 13.3. The van der Waals surface area contributed by atoms with Gasteiger partial charge in [0.15, 0.2) is 5.78 Å². The first-order valence-corrected chi connectivity index (χ1v) is 14.1. The molecule has 200 valence electrons. The summed E-state index contributed by atoms with van der Waals surface area (Å²) in [4.78, 5) is 42.5. The second kappa shape index (κ2) is 8.49. The van der Waals surface area contributed by atoms with E-state index in [0.717, 1.165) is 44.1 Å². The third kappa shape index (κ3) is 3.53. The minimum Gasteiger partial charge on any atom is -0.481 e. The molecular formula is C30H45NO5. The zero-order valence-corrected chi connectivity index (χ0v) is 22.9. The van der Waals surface area contributed by atoms with Crippen LogP contribution in [0.1, 0.15) is 86.5 Å². The molecular weight excluding hydrogens is 454 g/mol. The van der Waals surface area contributed by atoms with Gasteiger partial charge in [0.25, 0.3) is 0 Å². The Morgan fingerprint density at radius 1 is 1.17 bits per heavy atom. The predicted molar refractivity (Wildman–Crippen MR) is 137 cm³/mol. The van der Waals surface area contributed by atoms with E-state index in [2.05, 4.69) is 32.6 Å². The van der Waals surface area contributed by atoms with Gasteiger partial charge in [-0.05, 0) is 79.6 Å². The lowest BCUT2D eigenvalue weighted by Gasteiger charge is -2.71. The van der Waals surface area contributed by atoms with E-state index in [0.29, 0.717) is 18.5 Å². The van der Waals surface area contributed by atoms with Gasteiger partial charge in [0.1, 0.15) is 5.78 Å². The fourth-order valence-corrected chi connectivity index (χ4v) is 10.3. The number of ketones is 2. The van der Waals surface area contributed by atoms with Crippen LogP contribution < -0.4 is 0 Å². The van der Waals surface area contributed by atoms with Crippen molar-refractivity contribution in [2.75, 3.05) is 6.54 Å². The molecule has 2 heterocycles. The molecule has 5 rings (SSSR count). The molecule has 0 aromatic heterocycles. The van der Waals surface area contributed by atoms with Crippen molar-refractivity contribution in [2.24, 2.45) is 45.8 Å². The van der Waals surface area contributed by atoms with Crippen molar-refractivity contribution in [3.63, 3.8) is 0 Å². The van der Waals surface area contributed by atoms with Gasteiger partial charge in [-0.25, -0.2) is 0 Å². The first-order chi connectivity index (χ1) is 16.7. The van der Waals surface area contributed by atoms with Crippen LogP contribution in [-0.2, 0) is 14.4 Å². The van der Waals surface area contributed by atoms with E-state index in [1.807, 2.05) is 13.8 Å². The third-order valence-corrected chi connectivity index (χ3v) is 11.9. The van der Waals surface area contributed by atoms with Gasteiger partial charge >= 0.3 is 5.97 Å². The van der Waals surface area contributed by atoms with Gasteiger partial charge in [-0.3, -0.25) is 19.3 Å².